The van der Waals surface area contributed by atoms with Crippen LogP contribution in [0, 0.1) is 22.9 Å². The first-order chi connectivity index (χ1) is 18.3. The van der Waals surface area contributed by atoms with E-state index in [2.05, 4.69) is 9.88 Å². The fourth-order valence-electron chi connectivity index (χ4n) is 5.44. The van der Waals surface area contributed by atoms with E-state index in [-0.39, 0.29) is 36.1 Å². The van der Waals surface area contributed by atoms with E-state index in [1.54, 1.807) is 18.2 Å². The van der Waals surface area contributed by atoms with Crippen molar-refractivity contribution in [3.8, 4) is 5.75 Å². The van der Waals surface area contributed by atoms with E-state index in [1.165, 1.54) is 13.3 Å². The number of rotatable bonds is 11. The lowest BCUT2D eigenvalue weighted by molar-refractivity contribution is 0.0299. The molecule has 4 nitrogen and oxygen atoms in total. The summed E-state index contributed by atoms with van der Waals surface area (Å²) < 4.78 is 75.6. The fraction of sp³-hybridized carbons (Fsp3) is 0.483. The van der Waals surface area contributed by atoms with E-state index >= 15 is 4.39 Å². The molecule has 1 aliphatic heterocycles. The molecule has 0 radical (unpaired) electrons. The number of likely N-dealkylation sites (tertiary alicyclic amines) is 1. The molecule has 1 N–H and O–H groups in total. The van der Waals surface area contributed by atoms with Crippen molar-refractivity contribution >= 4 is 10.9 Å². The molecule has 4 rings (SSSR count). The lowest BCUT2D eigenvalue weighted by Crippen LogP contribution is -2.42. The highest BCUT2D eigenvalue weighted by atomic mass is 19.2. The Morgan fingerprint density at radius 3 is 2.45 bits per heavy atom. The van der Waals surface area contributed by atoms with Gasteiger partial charge in [0.05, 0.1) is 12.6 Å². The minimum Gasteiger partial charge on any atom is -0.497 e. The van der Waals surface area contributed by atoms with Crippen molar-refractivity contribution in [3.63, 3.8) is 0 Å². The lowest BCUT2D eigenvalue weighted by atomic mass is 9.74. The van der Waals surface area contributed by atoms with E-state index in [0.717, 1.165) is 0 Å². The Hall–Kier alpha value is -2.78. The van der Waals surface area contributed by atoms with Crippen molar-refractivity contribution in [2.75, 3.05) is 33.4 Å². The van der Waals surface area contributed by atoms with Crippen molar-refractivity contribution in [2.45, 2.75) is 51.4 Å². The number of alkyl halides is 2. The summed E-state index contributed by atoms with van der Waals surface area (Å²) in [5, 5.41) is 10.7. The number of hydrogen-bond donors (Lipinski definition) is 1. The van der Waals surface area contributed by atoms with Gasteiger partial charge in [0.15, 0.2) is 0 Å². The molecule has 2 heterocycles. The molecule has 0 unspecified atom stereocenters. The minimum atomic E-state index is -1.43. The van der Waals surface area contributed by atoms with E-state index in [0.29, 0.717) is 74.1 Å². The van der Waals surface area contributed by atoms with Gasteiger partial charge in [0.2, 0.25) is 0 Å². The van der Waals surface area contributed by atoms with Gasteiger partial charge < -0.3 is 14.7 Å². The first-order valence-electron chi connectivity index (χ1n) is 12.9. The Balaban J connectivity index is 1.35. The molecule has 1 atom stereocenters. The number of benzene rings is 2. The predicted octanol–water partition coefficient (Wildman–Crippen LogP) is 6.63. The molecule has 0 bridgehead atoms. The van der Waals surface area contributed by atoms with Crippen LogP contribution in [0.3, 0.4) is 0 Å². The molecule has 1 aliphatic rings. The summed E-state index contributed by atoms with van der Waals surface area (Å²) in [7, 11) is 1.51. The SMILES string of the molecule is COc1ccc2ncc(CF)c([C@H](F)CCC3(CO)CCN(CCCc4c(F)cc(F)cc4F)CC3)c2c1. The van der Waals surface area contributed by atoms with Crippen LogP contribution >= 0.6 is 0 Å². The molecule has 0 amide bonds. The smallest absolute Gasteiger partial charge is 0.132 e. The summed E-state index contributed by atoms with van der Waals surface area (Å²) in [5.41, 5.74) is 0.483. The normalized spacial score (nSPS) is 16.6. The van der Waals surface area contributed by atoms with Crippen LogP contribution in [0.25, 0.3) is 10.9 Å². The summed E-state index contributed by atoms with van der Waals surface area (Å²) in [5.74, 6) is -2.16. The third kappa shape index (κ3) is 6.26. The minimum absolute atomic E-state index is 0.0829. The molecule has 2 aromatic carbocycles. The van der Waals surface area contributed by atoms with Crippen LogP contribution in [-0.4, -0.2) is 48.3 Å². The number of pyridine rings is 1. The van der Waals surface area contributed by atoms with E-state index < -0.39 is 35.7 Å². The second kappa shape index (κ2) is 12.4. The molecule has 1 saturated heterocycles. The van der Waals surface area contributed by atoms with Gasteiger partial charge in [0, 0.05) is 47.0 Å². The summed E-state index contributed by atoms with van der Waals surface area (Å²) in [6.45, 7) is 1.02. The second-order valence-electron chi connectivity index (χ2n) is 10.2. The number of fused-ring (bicyclic) bond motifs is 1. The Morgan fingerprint density at radius 1 is 1.11 bits per heavy atom. The van der Waals surface area contributed by atoms with Gasteiger partial charge in [-0.3, -0.25) is 4.98 Å². The first kappa shape index (κ1) is 28.2. The number of methoxy groups -OCH3 is 1. The van der Waals surface area contributed by atoms with Crippen molar-refractivity contribution in [1.29, 1.82) is 0 Å². The average Bonchev–Trinajstić information content (AvgIpc) is 2.92. The highest BCUT2D eigenvalue weighted by Crippen LogP contribution is 2.41. The molecule has 3 aromatic rings. The molecule has 1 fully saturated rings. The van der Waals surface area contributed by atoms with Gasteiger partial charge in [-0.1, -0.05) is 0 Å². The van der Waals surface area contributed by atoms with Crippen LogP contribution in [-0.2, 0) is 13.1 Å². The predicted molar refractivity (Wildman–Crippen MR) is 136 cm³/mol. The lowest BCUT2D eigenvalue weighted by Gasteiger charge is -2.41. The van der Waals surface area contributed by atoms with Crippen molar-refractivity contribution in [1.82, 2.24) is 9.88 Å². The van der Waals surface area contributed by atoms with Gasteiger partial charge in [0.25, 0.3) is 0 Å². The Morgan fingerprint density at radius 2 is 1.82 bits per heavy atom. The standard InChI is InChI=1S/C29H33F5N2O2/c1-38-21-4-5-27-23(15-21)28(19(16-30)17-35-27)24(32)6-7-29(18-37)8-11-36(12-9-29)10-2-3-22-25(33)13-20(31)14-26(22)34/h4-5,13-15,17,24,37H,2-3,6-12,16,18H2,1H3/t24-/m1/s1. The molecular formula is C29H33F5N2O2. The van der Waals surface area contributed by atoms with Crippen LogP contribution in [0.1, 0.15) is 55.0 Å². The summed E-state index contributed by atoms with van der Waals surface area (Å²) in [4.78, 5) is 6.41. The number of aromatic nitrogens is 1. The molecule has 9 heteroatoms. The number of piperidine rings is 1. The number of aliphatic hydroxyl groups is 1. The molecule has 0 spiro atoms. The molecule has 206 valence electrons. The Bertz CT molecular complexity index is 1220. The number of aliphatic hydroxyl groups excluding tert-OH is 1. The number of ether oxygens (including phenoxy) is 1. The molecule has 1 aromatic heterocycles. The number of nitrogens with zero attached hydrogens (tertiary/aromatic N) is 2. The van der Waals surface area contributed by atoms with Gasteiger partial charge in [-0.25, -0.2) is 22.0 Å². The highest BCUT2D eigenvalue weighted by molar-refractivity contribution is 5.85. The molecule has 0 saturated carbocycles. The molecular weight excluding hydrogens is 503 g/mol. The fourth-order valence-corrected chi connectivity index (χ4v) is 5.44. The van der Waals surface area contributed by atoms with Crippen LogP contribution in [0.4, 0.5) is 22.0 Å². The summed E-state index contributed by atoms with van der Waals surface area (Å²) in [6, 6.07) is 6.50. The van der Waals surface area contributed by atoms with Gasteiger partial charge in [-0.15, -0.1) is 0 Å². The van der Waals surface area contributed by atoms with E-state index in [4.69, 9.17) is 4.74 Å². The van der Waals surface area contributed by atoms with Crippen LogP contribution in [0.15, 0.2) is 36.5 Å². The largest absolute Gasteiger partial charge is 0.497 e. The average molecular weight is 537 g/mol. The third-order valence-electron chi connectivity index (χ3n) is 7.84. The van der Waals surface area contributed by atoms with Crippen LogP contribution < -0.4 is 4.74 Å². The van der Waals surface area contributed by atoms with Gasteiger partial charge in [0.1, 0.15) is 36.0 Å². The number of hydrogen-bond acceptors (Lipinski definition) is 4. The molecule has 0 aliphatic carbocycles. The number of halogens is 5. The Kier molecular flexibility index (Phi) is 9.20. The maximum Gasteiger partial charge on any atom is 0.132 e. The topological polar surface area (TPSA) is 45.6 Å². The summed E-state index contributed by atoms with van der Waals surface area (Å²) in [6.07, 6.45) is 2.47. The maximum absolute atomic E-state index is 15.7. The Labute approximate surface area is 219 Å². The first-order valence-corrected chi connectivity index (χ1v) is 12.9. The van der Waals surface area contributed by atoms with Gasteiger partial charge in [-0.2, -0.15) is 0 Å². The van der Waals surface area contributed by atoms with Crippen LogP contribution in [0.5, 0.6) is 5.75 Å². The van der Waals surface area contributed by atoms with Crippen molar-refractivity contribution in [2.24, 2.45) is 5.41 Å². The highest BCUT2D eigenvalue weighted by Gasteiger charge is 2.35. The van der Waals surface area contributed by atoms with Crippen LogP contribution in [0.2, 0.25) is 0 Å². The zero-order valence-corrected chi connectivity index (χ0v) is 21.5. The summed E-state index contributed by atoms with van der Waals surface area (Å²) >= 11 is 0. The van der Waals surface area contributed by atoms with Crippen molar-refractivity contribution < 1.29 is 31.8 Å². The zero-order chi connectivity index (χ0) is 27.3. The quantitative estimate of drug-likeness (QED) is 0.280. The third-order valence-corrected chi connectivity index (χ3v) is 7.84. The molecule has 38 heavy (non-hydrogen) atoms. The second-order valence-corrected chi connectivity index (χ2v) is 10.2. The zero-order valence-electron chi connectivity index (χ0n) is 21.5. The maximum atomic E-state index is 15.7. The monoisotopic (exact) mass is 536 g/mol. The van der Waals surface area contributed by atoms with Gasteiger partial charge >= 0.3 is 0 Å². The van der Waals surface area contributed by atoms with Gasteiger partial charge in [-0.05, 0) is 81.8 Å². The van der Waals surface area contributed by atoms with Crippen molar-refractivity contribution in [3.05, 3.63) is 70.7 Å². The van der Waals surface area contributed by atoms with E-state index in [1.807, 2.05) is 0 Å². The van der Waals surface area contributed by atoms with E-state index in [9.17, 15) is 22.7 Å².